The van der Waals surface area contributed by atoms with Crippen LogP contribution in [0.1, 0.15) is 66.2 Å². The molecular weight excluding hydrogens is 240 g/mol. The van der Waals surface area contributed by atoms with E-state index in [1.165, 1.54) is 49.7 Å². The summed E-state index contributed by atoms with van der Waals surface area (Å²) in [6.07, 6.45) is 8.50. The van der Waals surface area contributed by atoms with Crippen molar-refractivity contribution >= 4 is 0 Å². The van der Waals surface area contributed by atoms with Gasteiger partial charge in [-0.3, -0.25) is 0 Å². The van der Waals surface area contributed by atoms with Gasteiger partial charge in [-0.15, -0.1) is 0 Å². The van der Waals surface area contributed by atoms with Gasteiger partial charge in [0, 0.05) is 0 Å². The smallest absolute Gasteiger partial charge is 0.0116 e. The van der Waals surface area contributed by atoms with Crippen molar-refractivity contribution in [2.24, 2.45) is 34.5 Å². The third-order valence-electron chi connectivity index (χ3n) is 7.45. The van der Waals surface area contributed by atoms with Gasteiger partial charge in [0.2, 0.25) is 0 Å². The Kier molecular flexibility index (Phi) is 3.23. The summed E-state index contributed by atoms with van der Waals surface area (Å²) in [7, 11) is 0. The van der Waals surface area contributed by atoms with Crippen molar-refractivity contribution in [2.45, 2.75) is 66.2 Å². The first-order valence-corrected chi connectivity index (χ1v) is 8.66. The predicted octanol–water partition coefficient (Wildman–Crippen LogP) is 6.00. The highest BCUT2D eigenvalue weighted by atomic mass is 14.6. The van der Waals surface area contributed by atoms with Gasteiger partial charge in [0.1, 0.15) is 0 Å². The second-order valence-electron chi connectivity index (χ2n) is 8.76. The fraction of sp³-hybridized carbons (Fsp3) is 0.800. The maximum Gasteiger partial charge on any atom is -0.0116 e. The van der Waals surface area contributed by atoms with Crippen LogP contribution in [0.5, 0.6) is 0 Å². The van der Waals surface area contributed by atoms with Crippen molar-refractivity contribution < 1.29 is 0 Å². The van der Waals surface area contributed by atoms with E-state index in [0.29, 0.717) is 5.41 Å². The summed E-state index contributed by atoms with van der Waals surface area (Å²) in [5, 5.41) is 0. The van der Waals surface area contributed by atoms with Crippen LogP contribution in [0, 0.1) is 34.5 Å². The molecule has 4 fully saturated rings. The third kappa shape index (κ3) is 1.94. The minimum Gasteiger partial charge on any atom is -0.0996 e. The summed E-state index contributed by atoms with van der Waals surface area (Å²) < 4.78 is 0. The summed E-state index contributed by atoms with van der Waals surface area (Å²) >= 11 is 0. The Morgan fingerprint density at radius 2 is 1.85 bits per heavy atom. The molecule has 0 radical (unpaired) electrons. The molecule has 0 aliphatic heterocycles. The van der Waals surface area contributed by atoms with Crippen molar-refractivity contribution in [1.29, 1.82) is 0 Å². The molecule has 0 aromatic carbocycles. The van der Waals surface area contributed by atoms with Gasteiger partial charge in [0.15, 0.2) is 0 Å². The van der Waals surface area contributed by atoms with Gasteiger partial charge < -0.3 is 0 Å². The van der Waals surface area contributed by atoms with Crippen LogP contribution in [-0.2, 0) is 0 Å². The summed E-state index contributed by atoms with van der Waals surface area (Å²) in [6.45, 7) is 17.7. The lowest BCUT2D eigenvalue weighted by atomic mass is 9.73. The molecule has 0 N–H and O–H groups in total. The van der Waals surface area contributed by atoms with Gasteiger partial charge in [-0.1, -0.05) is 52.0 Å². The maximum absolute atomic E-state index is 4.19. The normalized spacial score (nSPS) is 43.5. The van der Waals surface area contributed by atoms with Gasteiger partial charge in [-0.05, 0) is 73.0 Å². The number of hydrogen-bond donors (Lipinski definition) is 0. The van der Waals surface area contributed by atoms with Crippen molar-refractivity contribution in [2.75, 3.05) is 0 Å². The van der Waals surface area contributed by atoms with Crippen LogP contribution < -0.4 is 0 Å². The van der Waals surface area contributed by atoms with Gasteiger partial charge in [0.25, 0.3) is 0 Å². The molecule has 4 aliphatic carbocycles. The predicted molar refractivity (Wildman–Crippen MR) is 87.5 cm³/mol. The second kappa shape index (κ2) is 4.49. The average Bonchev–Trinajstić information content (AvgIpc) is 2.68. The number of rotatable bonds is 1. The molecule has 0 amide bonds. The van der Waals surface area contributed by atoms with Crippen LogP contribution in [0.3, 0.4) is 0 Å². The standard InChI is InChI=1S/2C10H16/c1-7-8-4-5-9(6-8)10(7,2)3;1-7(2)10-5-4-8(3)9(10)6-10/h8-9H,1,4-6H2,2-3H3;7,9H,3-6H2,1-2H3. The van der Waals surface area contributed by atoms with E-state index in [1.807, 2.05) is 0 Å². The van der Waals surface area contributed by atoms with Crippen molar-refractivity contribution in [3.05, 3.63) is 24.3 Å². The summed E-state index contributed by atoms with van der Waals surface area (Å²) in [4.78, 5) is 0. The molecule has 0 nitrogen and oxygen atoms in total. The Labute approximate surface area is 125 Å². The lowest BCUT2D eigenvalue weighted by Gasteiger charge is -2.31. The summed E-state index contributed by atoms with van der Waals surface area (Å²) in [5.74, 6) is 3.66. The zero-order valence-corrected chi connectivity index (χ0v) is 14.0. The highest BCUT2D eigenvalue weighted by Crippen LogP contribution is 2.69. The zero-order valence-electron chi connectivity index (χ0n) is 14.0. The van der Waals surface area contributed by atoms with Crippen molar-refractivity contribution in [3.8, 4) is 0 Å². The van der Waals surface area contributed by atoms with E-state index in [9.17, 15) is 0 Å². The molecule has 0 heterocycles. The quantitative estimate of drug-likeness (QED) is 0.514. The van der Waals surface area contributed by atoms with Crippen LogP contribution in [0.2, 0.25) is 0 Å². The van der Waals surface area contributed by atoms with E-state index in [1.54, 1.807) is 0 Å². The highest BCUT2D eigenvalue weighted by molar-refractivity contribution is 5.26. The third-order valence-corrected chi connectivity index (χ3v) is 7.45. The highest BCUT2D eigenvalue weighted by Gasteiger charge is 2.59. The first-order chi connectivity index (χ1) is 9.29. The SMILES string of the molecule is C=C1C2CCC(C2)C1(C)C.C=C1CCC2(C(C)C)CC12. The lowest BCUT2D eigenvalue weighted by Crippen LogP contribution is -2.21. The molecular formula is C20H32. The average molecular weight is 272 g/mol. The van der Waals surface area contributed by atoms with E-state index in [4.69, 9.17) is 0 Å². The molecule has 4 aliphatic rings. The van der Waals surface area contributed by atoms with Crippen molar-refractivity contribution in [1.82, 2.24) is 0 Å². The van der Waals surface area contributed by atoms with Crippen LogP contribution in [-0.4, -0.2) is 0 Å². The van der Waals surface area contributed by atoms with E-state index in [2.05, 4.69) is 40.9 Å². The molecule has 0 aromatic heterocycles. The number of allylic oxidation sites excluding steroid dienone is 2. The molecule has 4 unspecified atom stereocenters. The molecule has 0 saturated heterocycles. The molecule has 0 spiro atoms. The summed E-state index contributed by atoms with van der Waals surface area (Å²) in [5.41, 5.74) is 4.28. The van der Waals surface area contributed by atoms with Gasteiger partial charge in [-0.2, -0.15) is 0 Å². The second-order valence-corrected chi connectivity index (χ2v) is 8.76. The molecule has 4 atom stereocenters. The van der Waals surface area contributed by atoms with Crippen molar-refractivity contribution in [3.63, 3.8) is 0 Å². The zero-order chi connectivity index (χ0) is 14.7. The fourth-order valence-corrected chi connectivity index (χ4v) is 5.38. The first-order valence-electron chi connectivity index (χ1n) is 8.66. The Hall–Kier alpha value is -0.520. The van der Waals surface area contributed by atoms with Crippen LogP contribution in [0.25, 0.3) is 0 Å². The Morgan fingerprint density at radius 1 is 1.15 bits per heavy atom. The summed E-state index contributed by atoms with van der Waals surface area (Å²) in [6, 6.07) is 0. The van der Waals surface area contributed by atoms with E-state index < -0.39 is 0 Å². The van der Waals surface area contributed by atoms with E-state index in [0.717, 1.165) is 29.1 Å². The molecule has 4 rings (SSSR count). The topological polar surface area (TPSA) is 0 Å². The fourth-order valence-electron chi connectivity index (χ4n) is 5.38. The largest absolute Gasteiger partial charge is 0.0996 e. The Morgan fingerprint density at radius 3 is 2.10 bits per heavy atom. The van der Waals surface area contributed by atoms with Crippen LogP contribution >= 0.6 is 0 Å². The number of hydrogen-bond acceptors (Lipinski definition) is 0. The molecule has 0 heteroatoms. The Bertz CT molecular complexity index is 439. The Balaban J connectivity index is 0.000000121. The van der Waals surface area contributed by atoms with Gasteiger partial charge >= 0.3 is 0 Å². The van der Waals surface area contributed by atoms with Crippen LogP contribution in [0.15, 0.2) is 24.3 Å². The number of fused-ring (bicyclic) bond motifs is 3. The molecule has 2 bridgehead atoms. The molecule has 0 aromatic rings. The van der Waals surface area contributed by atoms with E-state index in [-0.39, 0.29) is 0 Å². The van der Waals surface area contributed by atoms with Crippen LogP contribution in [0.4, 0.5) is 0 Å². The van der Waals surface area contributed by atoms with Gasteiger partial charge in [-0.25, -0.2) is 0 Å². The maximum atomic E-state index is 4.19. The molecule has 4 saturated carbocycles. The molecule has 112 valence electrons. The first kappa shape index (κ1) is 14.4. The minimum atomic E-state index is 0.475. The monoisotopic (exact) mass is 272 g/mol. The van der Waals surface area contributed by atoms with Gasteiger partial charge in [0.05, 0.1) is 0 Å². The molecule has 20 heavy (non-hydrogen) atoms. The minimum absolute atomic E-state index is 0.475. The van der Waals surface area contributed by atoms with E-state index >= 15 is 0 Å². The lowest BCUT2D eigenvalue weighted by molar-refractivity contribution is 0.289.